The number of rotatable bonds is 4. The summed E-state index contributed by atoms with van der Waals surface area (Å²) in [6.07, 6.45) is 0. The fourth-order valence-electron chi connectivity index (χ4n) is 1.69. The third kappa shape index (κ3) is 3.24. The maximum Gasteiger partial charge on any atom is 0.337 e. The second-order valence-corrected chi connectivity index (χ2v) is 5.51. The summed E-state index contributed by atoms with van der Waals surface area (Å²) < 4.78 is 0. The van der Waals surface area contributed by atoms with Crippen LogP contribution in [0.3, 0.4) is 0 Å². The number of hydrogen-bond donors (Lipinski definition) is 2. The molecule has 0 saturated carbocycles. The monoisotopic (exact) mass is 296 g/mol. The highest BCUT2D eigenvalue weighted by atomic mass is 35.5. The molecular weight excluding hydrogens is 284 g/mol. The lowest BCUT2D eigenvalue weighted by molar-refractivity contribution is 0.0698. The Morgan fingerprint density at radius 1 is 1.53 bits per heavy atom. The molecule has 1 atom stereocenters. The fourth-order valence-corrected chi connectivity index (χ4v) is 2.66. The topological polar surface area (TPSA) is 62.2 Å². The summed E-state index contributed by atoms with van der Waals surface area (Å²) in [4.78, 5) is 15.6. The molecule has 1 aromatic carbocycles. The van der Waals surface area contributed by atoms with Crippen LogP contribution in [0, 0.1) is 6.92 Å². The van der Waals surface area contributed by atoms with Gasteiger partial charge in [-0.1, -0.05) is 11.6 Å². The van der Waals surface area contributed by atoms with E-state index in [1.165, 1.54) is 6.07 Å². The van der Waals surface area contributed by atoms with Crippen LogP contribution in [0.5, 0.6) is 0 Å². The van der Waals surface area contributed by atoms with Crippen LogP contribution in [-0.4, -0.2) is 16.1 Å². The van der Waals surface area contributed by atoms with Gasteiger partial charge in [-0.2, -0.15) is 0 Å². The van der Waals surface area contributed by atoms with Crippen molar-refractivity contribution in [2.24, 2.45) is 0 Å². The predicted octanol–water partition coefficient (Wildman–Crippen LogP) is 3.98. The molecule has 1 unspecified atom stereocenters. The first-order chi connectivity index (χ1) is 8.97. The lowest BCUT2D eigenvalue weighted by atomic mass is 10.1. The molecule has 2 rings (SSSR count). The lowest BCUT2D eigenvalue weighted by Gasteiger charge is -2.15. The number of aromatic nitrogens is 1. The molecule has 2 N–H and O–H groups in total. The first-order valence-electron chi connectivity index (χ1n) is 5.69. The van der Waals surface area contributed by atoms with Crippen LogP contribution >= 0.6 is 22.9 Å². The standard InChI is InChI=1S/C13H13ClN2O2S/c1-7-6-19-12(15-7)8(2)16-11-4-3-9(14)5-10(11)13(17)18/h3-6,8,16H,1-2H3,(H,17,18). The van der Waals surface area contributed by atoms with Gasteiger partial charge in [0.15, 0.2) is 0 Å². The van der Waals surface area contributed by atoms with Crippen molar-refractivity contribution in [3.8, 4) is 0 Å². The van der Waals surface area contributed by atoms with Gasteiger partial charge in [0.1, 0.15) is 5.01 Å². The Hall–Kier alpha value is -1.59. The number of carbonyl (C=O) groups is 1. The minimum absolute atomic E-state index is 0.0574. The molecule has 0 aliphatic heterocycles. The smallest absolute Gasteiger partial charge is 0.337 e. The Labute approximate surface area is 120 Å². The van der Waals surface area contributed by atoms with Crippen LogP contribution < -0.4 is 5.32 Å². The van der Waals surface area contributed by atoms with Gasteiger partial charge in [-0.15, -0.1) is 11.3 Å². The van der Waals surface area contributed by atoms with Crippen LogP contribution in [0.4, 0.5) is 5.69 Å². The van der Waals surface area contributed by atoms with Gasteiger partial charge in [0.25, 0.3) is 0 Å². The van der Waals surface area contributed by atoms with Crippen LogP contribution in [0.25, 0.3) is 0 Å². The number of thiazole rings is 1. The van der Waals surface area contributed by atoms with E-state index in [1.54, 1.807) is 23.5 Å². The Morgan fingerprint density at radius 2 is 2.26 bits per heavy atom. The van der Waals surface area contributed by atoms with Gasteiger partial charge in [-0.3, -0.25) is 0 Å². The van der Waals surface area contributed by atoms with Gasteiger partial charge < -0.3 is 10.4 Å². The molecule has 0 radical (unpaired) electrons. The Balaban J connectivity index is 2.26. The molecule has 6 heteroatoms. The maximum absolute atomic E-state index is 11.2. The van der Waals surface area contributed by atoms with Crippen molar-refractivity contribution in [3.63, 3.8) is 0 Å². The van der Waals surface area contributed by atoms with Crippen molar-refractivity contribution in [1.82, 2.24) is 4.98 Å². The highest BCUT2D eigenvalue weighted by molar-refractivity contribution is 7.09. The van der Waals surface area contributed by atoms with Gasteiger partial charge in [0.2, 0.25) is 0 Å². The van der Waals surface area contributed by atoms with E-state index in [2.05, 4.69) is 10.3 Å². The van der Waals surface area contributed by atoms with E-state index in [4.69, 9.17) is 16.7 Å². The predicted molar refractivity (Wildman–Crippen MR) is 77.3 cm³/mol. The number of carboxylic acid groups (broad SMARTS) is 1. The van der Waals surface area contributed by atoms with E-state index in [0.29, 0.717) is 10.7 Å². The van der Waals surface area contributed by atoms with Crippen LogP contribution in [-0.2, 0) is 0 Å². The quantitative estimate of drug-likeness (QED) is 0.896. The van der Waals surface area contributed by atoms with Crippen molar-refractivity contribution in [2.75, 3.05) is 5.32 Å². The van der Waals surface area contributed by atoms with E-state index in [0.717, 1.165) is 10.7 Å². The summed E-state index contributed by atoms with van der Waals surface area (Å²) in [5.41, 5.74) is 1.66. The van der Waals surface area contributed by atoms with Crippen molar-refractivity contribution < 1.29 is 9.90 Å². The molecule has 0 bridgehead atoms. The number of nitrogens with one attached hydrogen (secondary N) is 1. The number of hydrogen-bond acceptors (Lipinski definition) is 4. The molecule has 0 aliphatic rings. The molecule has 19 heavy (non-hydrogen) atoms. The maximum atomic E-state index is 11.2. The van der Waals surface area contributed by atoms with Gasteiger partial charge in [-0.05, 0) is 32.0 Å². The van der Waals surface area contributed by atoms with E-state index in [-0.39, 0.29) is 11.6 Å². The molecule has 1 aromatic heterocycles. The number of halogens is 1. The highest BCUT2D eigenvalue weighted by Crippen LogP contribution is 2.26. The van der Waals surface area contributed by atoms with Gasteiger partial charge in [0, 0.05) is 21.8 Å². The molecular formula is C13H13ClN2O2S. The first kappa shape index (κ1) is 13.8. The SMILES string of the molecule is Cc1csc(C(C)Nc2ccc(Cl)cc2C(=O)O)n1. The molecule has 0 spiro atoms. The van der Waals surface area contributed by atoms with E-state index in [1.807, 2.05) is 19.2 Å². The zero-order valence-electron chi connectivity index (χ0n) is 10.5. The normalized spacial score (nSPS) is 12.2. The third-order valence-corrected chi connectivity index (χ3v) is 3.97. The van der Waals surface area contributed by atoms with E-state index >= 15 is 0 Å². The van der Waals surface area contributed by atoms with Crippen LogP contribution in [0.15, 0.2) is 23.6 Å². The Morgan fingerprint density at radius 3 is 2.84 bits per heavy atom. The molecule has 100 valence electrons. The minimum atomic E-state index is -1.01. The van der Waals surface area contributed by atoms with Crippen molar-refractivity contribution in [1.29, 1.82) is 0 Å². The van der Waals surface area contributed by atoms with Crippen molar-refractivity contribution >= 4 is 34.6 Å². The summed E-state index contributed by atoms with van der Waals surface area (Å²) in [5.74, 6) is -1.01. The lowest BCUT2D eigenvalue weighted by Crippen LogP contribution is -2.10. The number of nitrogens with zero attached hydrogens (tertiary/aromatic N) is 1. The van der Waals surface area contributed by atoms with Crippen molar-refractivity contribution in [2.45, 2.75) is 19.9 Å². The number of benzene rings is 1. The first-order valence-corrected chi connectivity index (χ1v) is 6.94. The second-order valence-electron chi connectivity index (χ2n) is 4.19. The Bertz CT molecular complexity index is 612. The van der Waals surface area contributed by atoms with E-state index < -0.39 is 5.97 Å². The molecule has 0 saturated heterocycles. The van der Waals surface area contributed by atoms with Crippen molar-refractivity contribution in [3.05, 3.63) is 44.9 Å². The molecule has 2 aromatic rings. The largest absolute Gasteiger partial charge is 0.478 e. The average Bonchev–Trinajstić information content (AvgIpc) is 2.78. The number of aryl methyl sites for hydroxylation is 1. The number of carboxylic acids is 1. The molecule has 0 aliphatic carbocycles. The third-order valence-electron chi connectivity index (χ3n) is 2.59. The summed E-state index contributed by atoms with van der Waals surface area (Å²) in [7, 11) is 0. The van der Waals surface area contributed by atoms with Gasteiger partial charge >= 0.3 is 5.97 Å². The highest BCUT2D eigenvalue weighted by Gasteiger charge is 2.15. The van der Waals surface area contributed by atoms with E-state index in [9.17, 15) is 4.79 Å². The number of aromatic carboxylic acids is 1. The second kappa shape index (κ2) is 5.59. The number of anilines is 1. The zero-order chi connectivity index (χ0) is 14.0. The van der Waals surface area contributed by atoms with Gasteiger partial charge in [0.05, 0.1) is 11.6 Å². The van der Waals surface area contributed by atoms with Crippen LogP contribution in [0.2, 0.25) is 5.02 Å². The molecule has 1 heterocycles. The zero-order valence-corrected chi connectivity index (χ0v) is 12.0. The Kier molecular flexibility index (Phi) is 4.07. The molecule has 0 amide bonds. The molecule has 0 fully saturated rings. The summed E-state index contributed by atoms with van der Waals surface area (Å²) >= 11 is 7.36. The van der Waals surface area contributed by atoms with Crippen LogP contribution in [0.1, 0.15) is 34.0 Å². The molecule has 4 nitrogen and oxygen atoms in total. The van der Waals surface area contributed by atoms with Gasteiger partial charge in [-0.25, -0.2) is 9.78 Å². The summed E-state index contributed by atoms with van der Waals surface area (Å²) in [6, 6.07) is 4.71. The fraction of sp³-hybridized carbons (Fsp3) is 0.231. The summed E-state index contributed by atoms with van der Waals surface area (Å²) in [5, 5.41) is 15.6. The summed E-state index contributed by atoms with van der Waals surface area (Å²) in [6.45, 7) is 3.87. The minimum Gasteiger partial charge on any atom is -0.478 e. The average molecular weight is 297 g/mol.